The average molecular weight is 163 g/mol. The maximum atomic E-state index is 10.1. The Morgan fingerprint density at radius 1 is 1.36 bits per heavy atom. The van der Waals surface area contributed by atoms with Gasteiger partial charge in [0.05, 0.1) is 0 Å². The minimum Gasteiger partial charge on any atom is -0.396 e. The van der Waals surface area contributed by atoms with Gasteiger partial charge in [-0.2, -0.15) is 0 Å². The molecule has 0 saturated carbocycles. The lowest BCUT2D eigenvalue weighted by molar-refractivity contribution is -0.526. The molecule has 66 valence electrons. The van der Waals surface area contributed by atoms with Gasteiger partial charge in [-0.1, -0.05) is 0 Å². The molecule has 0 rings (SSSR count). The normalized spacial score (nSPS) is 12.9. The van der Waals surface area contributed by atoms with Gasteiger partial charge in [0.15, 0.2) is 0 Å². The quantitative estimate of drug-likeness (QED) is 0.322. The number of aliphatic hydroxyl groups is 2. The molecule has 1 atom stereocenters. The lowest BCUT2D eigenvalue weighted by Gasteiger charge is -2.04. The molecule has 0 aromatic rings. The summed E-state index contributed by atoms with van der Waals surface area (Å²) in [6.45, 7) is -0.367. The molecule has 1 unspecified atom stereocenters. The molecule has 0 aliphatic carbocycles. The molecule has 0 radical (unpaired) electrons. The Hall–Kier alpha value is -0.680. The summed E-state index contributed by atoms with van der Waals surface area (Å²) in [7, 11) is 0. The van der Waals surface area contributed by atoms with Crippen LogP contribution in [0.2, 0.25) is 0 Å². The van der Waals surface area contributed by atoms with Gasteiger partial charge in [-0.3, -0.25) is 10.1 Å². The summed E-state index contributed by atoms with van der Waals surface area (Å²) in [6.07, 6.45) is 1.48. The van der Waals surface area contributed by atoms with Gasteiger partial charge < -0.3 is 10.2 Å². The minimum absolute atomic E-state index is 0.0515. The molecule has 0 aromatic heterocycles. The van der Waals surface area contributed by atoms with Crippen LogP contribution in [0.1, 0.15) is 19.3 Å². The fraction of sp³-hybridized carbons (Fsp3) is 1.00. The molecule has 0 spiro atoms. The van der Waals surface area contributed by atoms with E-state index in [9.17, 15) is 10.1 Å². The molecular weight excluding hydrogens is 150 g/mol. The van der Waals surface area contributed by atoms with Crippen molar-refractivity contribution in [2.45, 2.75) is 25.3 Å². The van der Waals surface area contributed by atoms with Gasteiger partial charge in [0.2, 0.25) is 6.04 Å². The Morgan fingerprint density at radius 2 is 2.00 bits per heavy atom. The van der Waals surface area contributed by atoms with E-state index < -0.39 is 17.6 Å². The van der Waals surface area contributed by atoms with E-state index in [1.54, 1.807) is 0 Å². The van der Waals surface area contributed by atoms with Gasteiger partial charge in [0.1, 0.15) is 6.61 Å². The second-order valence-corrected chi connectivity index (χ2v) is 2.34. The third-order valence-corrected chi connectivity index (χ3v) is 1.45. The topological polar surface area (TPSA) is 83.6 Å². The molecule has 0 amide bonds. The maximum Gasteiger partial charge on any atom is 0.235 e. The summed E-state index contributed by atoms with van der Waals surface area (Å²) >= 11 is 0. The standard InChI is InChI=1S/C6H13NO4/c8-4-2-1-3-6(5-9)7(10)11/h6,8-9H,1-5H2. The third-order valence-electron chi connectivity index (χ3n) is 1.45. The predicted octanol–water partition coefficient (Wildman–Crippen LogP) is -0.213. The zero-order valence-corrected chi connectivity index (χ0v) is 6.27. The van der Waals surface area contributed by atoms with Crippen molar-refractivity contribution < 1.29 is 15.1 Å². The van der Waals surface area contributed by atoms with Crippen molar-refractivity contribution in [2.75, 3.05) is 13.2 Å². The van der Waals surface area contributed by atoms with E-state index in [1.165, 1.54) is 0 Å². The van der Waals surface area contributed by atoms with Crippen molar-refractivity contribution in [3.05, 3.63) is 10.1 Å². The molecule has 11 heavy (non-hydrogen) atoms. The van der Waals surface area contributed by atoms with Crippen molar-refractivity contribution in [3.8, 4) is 0 Å². The summed E-state index contributed by atoms with van der Waals surface area (Å²) in [6, 6.07) is -0.860. The summed E-state index contributed by atoms with van der Waals surface area (Å²) < 4.78 is 0. The first-order valence-electron chi connectivity index (χ1n) is 3.57. The van der Waals surface area contributed by atoms with Crippen molar-refractivity contribution in [1.82, 2.24) is 0 Å². The van der Waals surface area contributed by atoms with Crippen LogP contribution in [-0.4, -0.2) is 34.4 Å². The largest absolute Gasteiger partial charge is 0.396 e. The van der Waals surface area contributed by atoms with Crippen LogP contribution < -0.4 is 0 Å². The third kappa shape index (κ3) is 4.69. The van der Waals surface area contributed by atoms with E-state index in [2.05, 4.69) is 0 Å². The number of rotatable bonds is 6. The van der Waals surface area contributed by atoms with Crippen LogP contribution >= 0.6 is 0 Å². The first kappa shape index (κ1) is 10.3. The zero-order valence-electron chi connectivity index (χ0n) is 6.27. The lowest BCUT2D eigenvalue weighted by Crippen LogP contribution is -2.23. The Morgan fingerprint density at radius 3 is 2.36 bits per heavy atom. The highest BCUT2D eigenvalue weighted by Crippen LogP contribution is 2.02. The maximum absolute atomic E-state index is 10.1. The van der Waals surface area contributed by atoms with Gasteiger partial charge >= 0.3 is 0 Å². The smallest absolute Gasteiger partial charge is 0.235 e. The number of hydrogen-bond acceptors (Lipinski definition) is 4. The fourth-order valence-electron chi connectivity index (χ4n) is 0.755. The number of aliphatic hydroxyl groups excluding tert-OH is 2. The van der Waals surface area contributed by atoms with Crippen molar-refractivity contribution in [1.29, 1.82) is 0 Å². The number of hydrogen-bond donors (Lipinski definition) is 2. The molecule has 0 bridgehead atoms. The Labute approximate surface area is 64.8 Å². The van der Waals surface area contributed by atoms with Gasteiger partial charge in [-0.15, -0.1) is 0 Å². The van der Waals surface area contributed by atoms with E-state index in [0.717, 1.165) is 0 Å². The second-order valence-electron chi connectivity index (χ2n) is 2.34. The van der Waals surface area contributed by atoms with Crippen molar-refractivity contribution in [3.63, 3.8) is 0 Å². The molecule has 0 aliphatic heterocycles. The van der Waals surface area contributed by atoms with Gasteiger partial charge in [0, 0.05) is 18.0 Å². The summed E-state index contributed by atoms with van der Waals surface area (Å²) in [5.74, 6) is 0. The van der Waals surface area contributed by atoms with Gasteiger partial charge in [-0.05, 0) is 12.8 Å². The molecule has 0 heterocycles. The zero-order chi connectivity index (χ0) is 8.69. The summed E-state index contributed by atoms with van der Waals surface area (Å²) in [5.41, 5.74) is 0. The van der Waals surface area contributed by atoms with E-state index in [0.29, 0.717) is 19.3 Å². The summed E-state index contributed by atoms with van der Waals surface area (Å²) in [5, 5.41) is 27.0. The average Bonchev–Trinajstić information content (AvgIpc) is 1.97. The number of nitro groups is 1. The molecule has 0 saturated heterocycles. The van der Waals surface area contributed by atoms with Gasteiger partial charge in [-0.25, -0.2) is 0 Å². The number of nitrogens with zero attached hydrogens (tertiary/aromatic N) is 1. The van der Waals surface area contributed by atoms with Crippen LogP contribution in [0.5, 0.6) is 0 Å². The molecule has 0 fully saturated rings. The molecule has 0 aliphatic rings. The molecule has 5 heteroatoms. The van der Waals surface area contributed by atoms with E-state index in [4.69, 9.17) is 10.2 Å². The molecule has 2 N–H and O–H groups in total. The highest BCUT2D eigenvalue weighted by Gasteiger charge is 2.16. The molecule has 5 nitrogen and oxygen atoms in total. The summed E-state index contributed by atoms with van der Waals surface area (Å²) in [4.78, 5) is 9.62. The molecular formula is C6H13NO4. The van der Waals surface area contributed by atoms with Crippen LogP contribution in [0.3, 0.4) is 0 Å². The van der Waals surface area contributed by atoms with E-state index in [1.807, 2.05) is 0 Å². The van der Waals surface area contributed by atoms with Crippen molar-refractivity contribution >= 4 is 0 Å². The Kier molecular flexibility index (Phi) is 5.68. The van der Waals surface area contributed by atoms with E-state index >= 15 is 0 Å². The predicted molar refractivity (Wildman–Crippen MR) is 38.8 cm³/mol. The SMILES string of the molecule is O=[N+]([O-])C(CO)CCCCO. The highest BCUT2D eigenvalue weighted by molar-refractivity contribution is 4.53. The molecule has 0 aromatic carbocycles. The van der Waals surface area contributed by atoms with Crippen LogP contribution in [0, 0.1) is 10.1 Å². The first-order chi connectivity index (χ1) is 5.22. The Bertz CT molecular complexity index is 117. The van der Waals surface area contributed by atoms with Crippen LogP contribution in [0.15, 0.2) is 0 Å². The van der Waals surface area contributed by atoms with Crippen LogP contribution in [0.25, 0.3) is 0 Å². The highest BCUT2D eigenvalue weighted by atomic mass is 16.6. The second kappa shape index (κ2) is 6.06. The van der Waals surface area contributed by atoms with Gasteiger partial charge in [0.25, 0.3) is 0 Å². The Balaban J connectivity index is 3.44. The van der Waals surface area contributed by atoms with Crippen LogP contribution in [-0.2, 0) is 0 Å². The lowest BCUT2D eigenvalue weighted by atomic mass is 10.1. The van der Waals surface area contributed by atoms with Crippen LogP contribution in [0.4, 0.5) is 0 Å². The monoisotopic (exact) mass is 163 g/mol. The van der Waals surface area contributed by atoms with Crippen molar-refractivity contribution in [2.24, 2.45) is 0 Å². The van der Waals surface area contributed by atoms with E-state index in [-0.39, 0.29) is 6.61 Å². The number of unbranched alkanes of at least 4 members (excludes halogenated alkanes) is 1. The fourth-order valence-corrected chi connectivity index (χ4v) is 0.755. The first-order valence-corrected chi connectivity index (χ1v) is 3.57. The minimum atomic E-state index is -0.860.